The van der Waals surface area contributed by atoms with Crippen LogP contribution in [0.15, 0.2) is 36.4 Å². The number of fused-ring (bicyclic) bond motifs is 1. The monoisotopic (exact) mass is 265 g/mol. The predicted octanol–water partition coefficient (Wildman–Crippen LogP) is 3.81. The van der Waals surface area contributed by atoms with E-state index in [0.717, 1.165) is 35.3 Å². The summed E-state index contributed by atoms with van der Waals surface area (Å²) in [5.41, 5.74) is 6.63. The fourth-order valence-corrected chi connectivity index (χ4v) is 3.11. The van der Waals surface area contributed by atoms with E-state index in [9.17, 15) is 4.79 Å². The van der Waals surface area contributed by atoms with Crippen LogP contribution in [0.1, 0.15) is 32.6 Å². The van der Waals surface area contributed by atoms with Crippen molar-refractivity contribution in [3.63, 3.8) is 0 Å². The van der Waals surface area contributed by atoms with Gasteiger partial charge in [0, 0.05) is 12.1 Å². The van der Waals surface area contributed by atoms with Crippen molar-refractivity contribution in [2.45, 2.75) is 27.2 Å². The highest BCUT2D eigenvalue weighted by atomic mass is 16.2. The quantitative estimate of drug-likeness (QED) is 0.767. The van der Waals surface area contributed by atoms with Crippen molar-refractivity contribution in [2.24, 2.45) is 0 Å². The van der Waals surface area contributed by atoms with Crippen molar-refractivity contribution >= 4 is 11.6 Å². The summed E-state index contributed by atoms with van der Waals surface area (Å²) in [6.07, 6.45) is 0.952. The summed E-state index contributed by atoms with van der Waals surface area (Å²) in [5.74, 6) is 0.116. The van der Waals surface area contributed by atoms with Crippen molar-refractivity contribution in [3.05, 3.63) is 64.2 Å². The van der Waals surface area contributed by atoms with Crippen LogP contribution in [0.4, 0.5) is 5.69 Å². The SMILES string of the molecule is Cc1cc(C)cc(C(=O)N2CCc3cccc(C)c32)c1. The molecule has 2 heteroatoms. The number of carbonyl (C=O) groups excluding carboxylic acids is 1. The Morgan fingerprint density at radius 1 is 1.05 bits per heavy atom. The first kappa shape index (κ1) is 12.9. The van der Waals surface area contributed by atoms with Crippen LogP contribution in [0.5, 0.6) is 0 Å². The molecule has 2 aromatic carbocycles. The van der Waals surface area contributed by atoms with Crippen LogP contribution >= 0.6 is 0 Å². The molecule has 20 heavy (non-hydrogen) atoms. The fourth-order valence-electron chi connectivity index (χ4n) is 3.11. The number of rotatable bonds is 1. The average molecular weight is 265 g/mol. The molecular weight excluding hydrogens is 246 g/mol. The van der Waals surface area contributed by atoms with Gasteiger partial charge in [0.25, 0.3) is 5.91 Å². The first-order chi connectivity index (χ1) is 9.56. The number of hydrogen-bond acceptors (Lipinski definition) is 1. The molecule has 0 saturated heterocycles. The molecule has 102 valence electrons. The van der Waals surface area contributed by atoms with E-state index in [1.54, 1.807) is 0 Å². The molecule has 0 atom stereocenters. The van der Waals surface area contributed by atoms with Crippen LogP contribution in [-0.2, 0) is 6.42 Å². The number of amides is 1. The number of anilines is 1. The number of nitrogens with zero attached hydrogens (tertiary/aromatic N) is 1. The van der Waals surface area contributed by atoms with Gasteiger partial charge in [0.15, 0.2) is 0 Å². The van der Waals surface area contributed by atoms with Gasteiger partial charge in [-0.1, -0.05) is 35.4 Å². The largest absolute Gasteiger partial charge is 0.307 e. The first-order valence-corrected chi connectivity index (χ1v) is 7.05. The van der Waals surface area contributed by atoms with E-state index in [2.05, 4.69) is 31.2 Å². The summed E-state index contributed by atoms with van der Waals surface area (Å²) in [7, 11) is 0. The Morgan fingerprint density at radius 2 is 1.75 bits per heavy atom. The van der Waals surface area contributed by atoms with Gasteiger partial charge < -0.3 is 4.90 Å². The van der Waals surface area contributed by atoms with Crippen LogP contribution in [0.3, 0.4) is 0 Å². The van der Waals surface area contributed by atoms with Crippen molar-refractivity contribution in [3.8, 4) is 0 Å². The summed E-state index contributed by atoms with van der Waals surface area (Å²) in [4.78, 5) is 14.7. The topological polar surface area (TPSA) is 20.3 Å². The maximum Gasteiger partial charge on any atom is 0.258 e. The smallest absolute Gasteiger partial charge is 0.258 e. The van der Waals surface area contributed by atoms with E-state index >= 15 is 0 Å². The third-order valence-electron chi connectivity index (χ3n) is 3.91. The van der Waals surface area contributed by atoms with Crippen LogP contribution in [0, 0.1) is 20.8 Å². The van der Waals surface area contributed by atoms with Gasteiger partial charge in [0.2, 0.25) is 0 Å². The van der Waals surface area contributed by atoms with E-state index in [1.807, 2.05) is 30.9 Å². The summed E-state index contributed by atoms with van der Waals surface area (Å²) < 4.78 is 0. The minimum Gasteiger partial charge on any atom is -0.307 e. The highest BCUT2D eigenvalue weighted by Gasteiger charge is 2.26. The molecule has 0 bridgehead atoms. The van der Waals surface area contributed by atoms with E-state index in [4.69, 9.17) is 0 Å². The van der Waals surface area contributed by atoms with Crippen molar-refractivity contribution in [1.29, 1.82) is 0 Å². The molecule has 2 nitrogen and oxygen atoms in total. The Morgan fingerprint density at radius 3 is 2.45 bits per heavy atom. The molecule has 1 amide bonds. The van der Waals surface area contributed by atoms with E-state index in [0.29, 0.717) is 0 Å². The van der Waals surface area contributed by atoms with Gasteiger partial charge >= 0.3 is 0 Å². The summed E-state index contributed by atoms with van der Waals surface area (Å²) in [6, 6.07) is 12.3. The minimum absolute atomic E-state index is 0.116. The maximum atomic E-state index is 12.8. The van der Waals surface area contributed by atoms with Gasteiger partial charge in [-0.3, -0.25) is 4.79 Å². The second-order valence-electron chi connectivity index (χ2n) is 5.67. The van der Waals surface area contributed by atoms with Crippen LogP contribution in [0.2, 0.25) is 0 Å². The second-order valence-corrected chi connectivity index (χ2v) is 5.67. The Bertz CT molecular complexity index is 668. The Hall–Kier alpha value is -2.09. The number of carbonyl (C=O) groups is 1. The molecule has 0 aliphatic carbocycles. The third-order valence-corrected chi connectivity index (χ3v) is 3.91. The molecule has 1 aliphatic heterocycles. The van der Waals surface area contributed by atoms with Gasteiger partial charge in [-0.05, 0) is 50.5 Å². The molecule has 3 rings (SSSR count). The van der Waals surface area contributed by atoms with Crippen molar-refractivity contribution in [1.82, 2.24) is 0 Å². The molecular formula is C18H19NO. The van der Waals surface area contributed by atoms with Gasteiger partial charge in [-0.25, -0.2) is 0 Å². The molecule has 0 unspecified atom stereocenters. The predicted molar refractivity (Wildman–Crippen MR) is 82.5 cm³/mol. The third kappa shape index (κ3) is 2.11. The van der Waals surface area contributed by atoms with Crippen molar-refractivity contribution in [2.75, 3.05) is 11.4 Å². The summed E-state index contributed by atoms with van der Waals surface area (Å²) in [5, 5.41) is 0. The first-order valence-electron chi connectivity index (χ1n) is 7.05. The number of aryl methyl sites for hydroxylation is 3. The van der Waals surface area contributed by atoms with Gasteiger partial charge in [0.1, 0.15) is 0 Å². The molecule has 0 fully saturated rings. The maximum absolute atomic E-state index is 12.8. The van der Waals surface area contributed by atoms with Gasteiger partial charge in [0.05, 0.1) is 5.69 Å². The van der Waals surface area contributed by atoms with Gasteiger partial charge in [-0.15, -0.1) is 0 Å². The highest BCUT2D eigenvalue weighted by molar-refractivity contribution is 6.08. The second kappa shape index (κ2) is 4.78. The lowest BCUT2D eigenvalue weighted by Crippen LogP contribution is -2.29. The normalized spacial score (nSPS) is 13.4. The minimum atomic E-state index is 0.116. The van der Waals surface area contributed by atoms with Crippen LogP contribution in [0.25, 0.3) is 0 Å². The van der Waals surface area contributed by atoms with E-state index in [-0.39, 0.29) is 5.91 Å². The van der Waals surface area contributed by atoms with Crippen LogP contribution < -0.4 is 4.90 Å². The van der Waals surface area contributed by atoms with Crippen LogP contribution in [-0.4, -0.2) is 12.5 Å². The fraction of sp³-hybridized carbons (Fsp3) is 0.278. The Labute approximate surface area is 120 Å². The molecule has 0 radical (unpaired) electrons. The Kier molecular flexibility index (Phi) is 3.09. The zero-order chi connectivity index (χ0) is 14.3. The highest BCUT2D eigenvalue weighted by Crippen LogP contribution is 2.32. The molecule has 0 N–H and O–H groups in total. The zero-order valence-corrected chi connectivity index (χ0v) is 12.2. The number of hydrogen-bond donors (Lipinski definition) is 0. The van der Waals surface area contributed by atoms with Gasteiger partial charge in [-0.2, -0.15) is 0 Å². The molecule has 1 aliphatic rings. The lowest BCUT2D eigenvalue weighted by Gasteiger charge is -2.20. The standard InChI is InChI=1S/C18H19NO/c1-12-9-13(2)11-16(10-12)18(20)19-8-7-15-6-4-5-14(3)17(15)19/h4-6,9-11H,7-8H2,1-3H3. The summed E-state index contributed by atoms with van der Waals surface area (Å²) >= 11 is 0. The van der Waals surface area contributed by atoms with Crippen molar-refractivity contribution < 1.29 is 4.79 Å². The lowest BCUT2D eigenvalue weighted by molar-refractivity contribution is 0.0989. The molecule has 0 aromatic heterocycles. The summed E-state index contributed by atoms with van der Waals surface area (Å²) in [6.45, 7) is 6.93. The molecule has 1 heterocycles. The lowest BCUT2D eigenvalue weighted by atomic mass is 10.1. The molecule has 0 spiro atoms. The zero-order valence-electron chi connectivity index (χ0n) is 12.2. The average Bonchev–Trinajstić information content (AvgIpc) is 2.82. The molecule has 0 saturated carbocycles. The number of benzene rings is 2. The molecule has 2 aromatic rings. The number of para-hydroxylation sites is 1. The van der Waals surface area contributed by atoms with E-state index in [1.165, 1.54) is 11.1 Å². The Balaban J connectivity index is 2.02. The van der Waals surface area contributed by atoms with E-state index < -0.39 is 0 Å².